The zero-order valence-corrected chi connectivity index (χ0v) is 14.2. The second-order valence-corrected chi connectivity index (χ2v) is 5.62. The number of benzene rings is 1. The van der Waals surface area contributed by atoms with Crippen molar-refractivity contribution in [3.63, 3.8) is 0 Å². The predicted molar refractivity (Wildman–Crippen MR) is 89.8 cm³/mol. The number of ether oxygens (including phenoxy) is 1. The van der Waals surface area contributed by atoms with Crippen molar-refractivity contribution in [2.45, 2.75) is 39.8 Å². The molecular formula is C16H25N3O4. The fraction of sp³-hybridized carbons (Fsp3) is 0.500. The number of carbonyl (C=O) groups excluding carboxylic acids is 2. The van der Waals surface area contributed by atoms with Crippen LogP contribution >= 0.6 is 0 Å². The van der Waals surface area contributed by atoms with E-state index in [0.29, 0.717) is 17.1 Å². The molecule has 0 aliphatic carbocycles. The lowest BCUT2D eigenvalue weighted by atomic mass is 10.2. The van der Waals surface area contributed by atoms with Gasteiger partial charge in [-0.3, -0.25) is 4.79 Å². The van der Waals surface area contributed by atoms with E-state index < -0.39 is 6.10 Å². The van der Waals surface area contributed by atoms with Gasteiger partial charge in [0, 0.05) is 31.3 Å². The Labute approximate surface area is 136 Å². The van der Waals surface area contributed by atoms with Gasteiger partial charge in [0.1, 0.15) is 5.75 Å². The molecule has 0 aliphatic heterocycles. The molecular weight excluding hydrogens is 298 g/mol. The molecule has 1 rings (SSSR count). The third-order valence-corrected chi connectivity index (χ3v) is 3.11. The first-order valence-electron chi connectivity index (χ1n) is 7.46. The summed E-state index contributed by atoms with van der Waals surface area (Å²) in [5.41, 5.74) is 1.07. The Morgan fingerprint density at radius 1 is 1.26 bits per heavy atom. The summed E-state index contributed by atoms with van der Waals surface area (Å²) in [5.74, 6) is 0.243. The van der Waals surface area contributed by atoms with Crippen LogP contribution in [0.15, 0.2) is 18.2 Å². The van der Waals surface area contributed by atoms with Crippen LogP contribution < -0.4 is 15.4 Å². The van der Waals surface area contributed by atoms with Gasteiger partial charge in [0.2, 0.25) is 5.91 Å². The third kappa shape index (κ3) is 5.78. The Hall–Kier alpha value is -2.28. The van der Waals surface area contributed by atoms with Crippen molar-refractivity contribution in [1.29, 1.82) is 0 Å². The average Bonchev–Trinajstić information content (AvgIpc) is 2.45. The maximum absolute atomic E-state index is 12.3. The Balaban J connectivity index is 2.90. The van der Waals surface area contributed by atoms with E-state index in [4.69, 9.17) is 4.74 Å². The van der Waals surface area contributed by atoms with Gasteiger partial charge in [0.15, 0.2) is 0 Å². The third-order valence-electron chi connectivity index (χ3n) is 3.11. The van der Waals surface area contributed by atoms with Crippen LogP contribution in [0.25, 0.3) is 0 Å². The number of hydrogen-bond acceptors (Lipinski definition) is 4. The first-order chi connectivity index (χ1) is 10.7. The lowest BCUT2D eigenvalue weighted by Gasteiger charge is -2.28. The highest BCUT2D eigenvalue weighted by Crippen LogP contribution is 2.28. The van der Waals surface area contributed by atoms with E-state index in [2.05, 4.69) is 10.6 Å². The van der Waals surface area contributed by atoms with Gasteiger partial charge < -0.3 is 25.4 Å². The highest BCUT2D eigenvalue weighted by molar-refractivity contribution is 5.93. The van der Waals surface area contributed by atoms with Gasteiger partial charge in [-0.05, 0) is 32.9 Å². The molecule has 0 spiro atoms. The first-order valence-corrected chi connectivity index (χ1v) is 7.46. The highest BCUT2D eigenvalue weighted by atomic mass is 16.5. The van der Waals surface area contributed by atoms with E-state index in [1.807, 2.05) is 13.8 Å². The molecule has 0 heterocycles. The summed E-state index contributed by atoms with van der Waals surface area (Å²) in [6.45, 7) is 7.04. The van der Waals surface area contributed by atoms with E-state index in [1.165, 1.54) is 14.0 Å². The van der Waals surface area contributed by atoms with Crippen LogP contribution in [-0.4, -0.2) is 47.7 Å². The number of aliphatic hydroxyl groups excluding tert-OH is 1. The number of rotatable bonds is 6. The Morgan fingerprint density at radius 2 is 1.91 bits per heavy atom. The van der Waals surface area contributed by atoms with E-state index >= 15 is 0 Å². The van der Waals surface area contributed by atoms with Crippen molar-refractivity contribution in [1.82, 2.24) is 4.90 Å². The molecule has 3 amide bonds. The van der Waals surface area contributed by atoms with Crippen LogP contribution in [0.2, 0.25) is 0 Å². The molecule has 0 aliphatic rings. The van der Waals surface area contributed by atoms with Crippen LogP contribution in [0, 0.1) is 0 Å². The molecule has 0 fully saturated rings. The number of amides is 3. The number of hydrogen-bond donors (Lipinski definition) is 3. The zero-order valence-electron chi connectivity index (χ0n) is 14.2. The second kappa shape index (κ2) is 8.38. The summed E-state index contributed by atoms with van der Waals surface area (Å²) in [7, 11) is 1.49. The fourth-order valence-corrected chi connectivity index (χ4v) is 2.07. The van der Waals surface area contributed by atoms with E-state index in [-0.39, 0.29) is 24.5 Å². The summed E-state index contributed by atoms with van der Waals surface area (Å²) in [5, 5.41) is 14.9. The minimum absolute atomic E-state index is 0.0508. The van der Waals surface area contributed by atoms with Gasteiger partial charge in [-0.1, -0.05) is 0 Å². The molecule has 0 radical (unpaired) electrons. The monoisotopic (exact) mass is 323 g/mol. The summed E-state index contributed by atoms with van der Waals surface area (Å²) in [6, 6.07) is 4.60. The minimum Gasteiger partial charge on any atom is -0.494 e. The molecule has 0 bridgehead atoms. The van der Waals surface area contributed by atoms with Crippen LogP contribution in [0.1, 0.15) is 27.7 Å². The normalized spacial score (nSPS) is 11.8. The van der Waals surface area contributed by atoms with Crippen LogP contribution in [-0.2, 0) is 4.79 Å². The van der Waals surface area contributed by atoms with E-state index in [9.17, 15) is 14.7 Å². The lowest BCUT2D eigenvalue weighted by Crippen LogP contribution is -2.43. The van der Waals surface area contributed by atoms with Gasteiger partial charge in [-0.15, -0.1) is 0 Å². The predicted octanol–water partition coefficient (Wildman–Crippen LogP) is 2.28. The molecule has 23 heavy (non-hydrogen) atoms. The topological polar surface area (TPSA) is 90.9 Å². The van der Waals surface area contributed by atoms with Crippen molar-refractivity contribution < 1.29 is 19.4 Å². The molecule has 1 aromatic carbocycles. The molecule has 0 aromatic heterocycles. The number of carbonyl (C=O) groups is 2. The van der Waals surface area contributed by atoms with E-state index in [0.717, 1.165) is 0 Å². The molecule has 1 aromatic rings. The molecule has 0 saturated carbocycles. The van der Waals surface area contributed by atoms with Crippen molar-refractivity contribution in [3.05, 3.63) is 18.2 Å². The van der Waals surface area contributed by atoms with Gasteiger partial charge >= 0.3 is 6.03 Å². The molecule has 7 nitrogen and oxygen atoms in total. The quantitative estimate of drug-likeness (QED) is 0.749. The van der Waals surface area contributed by atoms with Gasteiger partial charge in [-0.2, -0.15) is 0 Å². The molecule has 1 unspecified atom stereocenters. The van der Waals surface area contributed by atoms with Crippen LogP contribution in [0.4, 0.5) is 16.2 Å². The van der Waals surface area contributed by atoms with Gasteiger partial charge in [0.05, 0.1) is 18.9 Å². The van der Waals surface area contributed by atoms with Crippen molar-refractivity contribution in [3.8, 4) is 5.75 Å². The summed E-state index contributed by atoms with van der Waals surface area (Å²) >= 11 is 0. The number of nitrogens with one attached hydrogen (secondary N) is 2. The van der Waals surface area contributed by atoms with Crippen molar-refractivity contribution >= 4 is 23.3 Å². The molecule has 1 atom stereocenters. The number of aliphatic hydroxyl groups is 1. The largest absolute Gasteiger partial charge is 0.494 e. The molecule has 128 valence electrons. The molecule has 0 saturated heterocycles. The summed E-state index contributed by atoms with van der Waals surface area (Å²) in [6.07, 6.45) is -0.611. The van der Waals surface area contributed by atoms with Crippen LogP contribution in [0.5, 0.6) is 5.75 Å². The molecule has 3 N–H and O–H groups in total. The van der Waals surface area contributed by atoms with Crippen LogP contribution in [0.3, 0.4) is 0 Å². The van der Waals surface area contributed by atoms with Crippen molar-refractivity contribution in [2.75, 3.05) is 24.3 Å². The average molecular weight is 323 g/mol. The number of nitrogens with zero attached hydrogens (tertiary/aromatic N) is 1. The Bertz CT molecular complexity index is 558. The minimum atomic E-state index is -0.611. The fourth-order valence-electron chi connectivity index (χ4n) is 2.07. The van der Waals surface area contributed by atoms with E-state index in [1.54, 1.807) is 30.0 Å². The highest BCUT2D eigenvalue weighted by Gasteiger charge is 2.19. The first kappa shape index (κ1) is 18.8. The number of methoxy groups -OCH3 is 1. The van der Waals surface area contributed by atoms with Gasteiger partial charge in [0.25, 0.3) is 0 Å². The summed E-state index contributed by atoms with van der Waals surface area (Å²) < 4.78 is 5.22. The Kier molecular flexibility index (Phi) is 6.84. The Morgan fingerprint density at radius 3 is 2.39 bits per heavy atom. The number of anilines is 2. The smallest absolute Gasteiger partial charge is 0.322 e. The molecule has 7 heteroatoms. The maximum Gasteiger partial charge on any atom is 0.322 e. The second-order valence-electron chi connectivity index (χ2n) is 5.62. The van der Waals surface area contributed by atoms with Gasteiger partial charge in [-0.25, -0.2) is 4.79 Å². The maximum atomic E-state index is 12.3. The standard InChI is InChI=1S/C16H25N3O4/c1-10(2)19(9-11(3)20)16(22)18-13-6-7-14(17-12(4)21)15(8-13)23-5/h6-8,10-11,20H,9H2,1-5H3,(H,17,21)(H,18,22). The SMILES string of the molecule is COc1cc(NC(=O)N(CC(C)O)C(C)C)ccc1NC(C)=O. The van der Waals surface area contributed by atoms with Crippen molar-refractivity contribution in [2.24, 2.45) is 0 Å². The zero-order chi connectivity index (χ0) is 17.6. The lowest BCUT2D eigenvalue weighted by molar-refractivity contribution is -0.114. The number of urea groups is 1. The summed E-state index contributed by atoms with van der Waals surface area (Å²) in [4.78, 5) is 25.0.